The lowest BCUT2D eigenvalue weighted by atomic mass is 9.69. The Kier molecular flexibility index (Phi) is 8.35. The first-order valence-electron chi connectivity index (χ1n) is 10.7. The van der Waals surface area contributed by atoms with Crippen LogP contribution in [0.25, 0.3) is 0 Å². The summed E-state index contributed by atoms with van der Waals surface area (Å²) in [5.41, 5.74) is 3.16. The summed E-state index contributed by atoms with van der Waals surface area (Å²) in [4.78, 5) is -1.89. The van der Waals surface area contributed by atoms with E-state index in [2.05, 4.69) is 0 Å². The van der Waals surface area contributed by atoms with E-state index in [1.165, 1.54) is 17.3 Å². The molecule has 0 saturated heterocycles. The van der Waals surface area contributed by atoms with E-state index in [9.17, 15) is 24.5 Å². The van der Waals surface area contributed by atoms with Crippen LogP contribution in [-0.2, 0) is 5.41 Å². The van der Waals surface area contributed by atoms with Gasteiger partial charge in [0.15, 0.2) is 0 Å². The third kappa shape index (κ3) is 6.78. The van der Waals surface area contributed by atoms with Gasteiger partial charge in [-0.2, -0.15) is 0 Å². The minimum absolute atomic E-state index is 0.430. The van der Waals surface area contributed by atoms with Gasteiger partial charge in [-0.3, -0.25) is 0 Å². The lowest BCUT2D eigenvalue weighted by molar-refractivity contribution is 0.0662. The standard InChI is InChI=1S/C15H23F5OS.C9H11N/c1-4-11-15(6-3,14(21)5-2)12-7-9-13(10-8-12)22(16,17,18,19)20;1-7-4-3-5-8(2)9(7)6-10/h7-10,14,21H,4-6,11H2,1-3H3;3-6,10H,1-2H3. The van der Waals surface area contributed by atoms with Gasteiger partial charge in [-0.1, -0.05) is 77.0 Å². The third-order valence-corrected chi connectivity index (χ3v) is 7.08. The van der Waals surface area contributed by atoms with E-state index >= 15 is 0 Å². The lowest BCUT2D eigenvalue weighted by Gasteiger charge is -2.41. The number of rotatable bonds is 8. The molecule has 8 heteroatoms. The fraction of sp³-hybridized carbons (Fsp3) is 0.458. The summed E-state index contributed by atoms with van der Waals surface area (Å²) in [5.74, 6) is 0. The second kappa shape index (κ2) is 9.51. The highest BCUT2D eigenvalue weighted by Crippen LogP contribution is 3.02. The molecule has 2 aromatic rings. The molecular weight excluding hydrogens is 445 g/mol. The number of nitrogens with one attached hydrogen (secondary N) is 1. The zero-order valence-corrected chi connectivity index (χ0v) is 20.1. The van der Waals surface area contributed by atoms with Crippen molar-refractivity contribution >= 4 is 16.4 Å². The highest BCUT2D eigenvalue weighted by Gasteiger charge is 2.65. The van der Waals surface area contributed by atoms with Crippen LogP contribution in [0.15, 0.2) is 47.4 Å². The van der Waals surface area contributed by atoms with Crippen molar-refractivity contribution in [3.05, 3.63) is 64.7 Å². The third-order valence-electron chi connectivity index (χ3n) is 5.91. The summed E-state index contributed by atoms with van der Waals surface area (Å²) in [5, 5.41) is 17.4. The number of halogens is 5. The second-order valence-electron chi connectivity index (χ2n) is 8.13. The largest absolute Gasteiger partial charge is 0.392 e. The van der Waals surface area contributed by atoms with Gasteiger partial charge in [-0.25, -0.2) is 0 Å². The molecule has 0 fully saturated rings. The van der Waals surface area contributed by atoms with Gasteiger partial charge in [-0.05, 0) is 67.5 Å². The molecule has 0 spiro atoms. The van der Waals surface area contributed by atoms with Crippen LogP contribution in [0.3, 0.4) is 0 Å². The van der Waals surface area contributed by atoms with Crippen LogP contribution in [0.2, 0.25) is 0 Å². The molecule has 0 aliphatic carbocycles. The molecule has 0 aromatic heterocycles. The van der Waals surface area contributed by atoms with Crippen LogP contribution in [-0.4, -0.2) is 17.4 Å². The van der Waals surface area contributed by atoms with Gasteiger partial charge in [0.2, 0.25) is 0 Å². The van der Waals surface area contributed by atoms with Crippen molar-refractivity contribution in [2.75, 3.05) is 0 Å². The van der Waals surface area contributed by atoms with Gasteiger partial charge in [0.05, 0.1) is 6.10 Å². The topological polar surface area (TPSA) is 44.1 Å². The molecule has 0 radical (unpaired) electrons. The lowest BCUT2D eigenvalue weighted by Crippen LogP contribution is -2.38. The summed E-state index contributed by atoms with van der Waals surface area (Å²) in [6.07, 6.45) is 2.94. The number of hydrogen-bond donors (Lipinski definition) is 2. The molecule has 2 aromatic carbocycles. The van der Waals surface area contributed by atoms with Crippen LogP contribution >= 0.6 is 10.2 Å². The Morgan fingerprint density at radius 1 is 0.938 bits per heavy atom. The summed E-state index contributed by atoms with van der Waals surface area (Å²) in [6, 6.07) is 9.06. The maximum atomic E-state index is 12.8. The average molecular weight is 480 g/mol. The van der Waals surface area contributed by atoms with Crippen LogP contribution < -0.4 is 0 Å². The van der Waals surface area contributed by atoms with Crippen LogP contribution in [0.5, 0.6) is 0 Å². The van der Waals surface area contributed by atoms with E-state index in [0.29, 0.717) is 37.0 Å². The van der Waals surface area contributed by atoms with Crippen LogP contribution in [0.4, 0.5) is 19.4 Å². The monoisotopic (exact) mass is 479 g/mol. The van der Waals surface area contributed by atoms with E-state index in [1.807, 2.05) is 45.9 Å². The summed E-state index contributed by atoms with van der Waals surface area (Å²) in [6.45, 7) is 9.58. The van der Waals surface area contributed by atoms with Crippen molar-refractivity contribution < 1.29 is 24.5 Å². The Labute approximate surface area is 188 Å². The van der Waals surface area contributed by atoms with Gasteiger partial charge in [-0.15, -0.1) is 0 Å². The number of benzene rings is 2. The molecule has 0 heterocycles. The first-order chi connectivity index (χ1) is 14.6. The van der Waals surface area contributed by atoms with Crippen molar-refractivity contribution in [1.82, 2.24) is 0 Å². The normalized spacial score (nSPS) is 16.6. The van der Waals surface area contributed by atoms with E-state index in [1.54, 1.807) is 6.92 Å². The van der Waals surface area contributed by atoms with Crippen LogP contribution in [0, 0.1) is 19.3 Å². The maximum absolute atomic E-state index is 12.8. The first kappa shape index (κ1) is 28.1. The molecule has 0 aliphatic rings. The summed E-state index contributed by atoms with van der Waals surface area (Å²) in [7, 11) is -9.65. The van der Waals surface area contributed by atoms with Crippen molar-refractivity contribution in [2.45, 2.75) is 76.7 Å². The Morgan fingerprint density at radius 2 is 1.44 bits per heavy atom. The number of aryl methyl sites for hydroxylation is 2. The Bertz CT molecular complexity index is 893. The maximum Gasteiger partial charge on any atom is 0.310 e. The number of aliphatic hydroxyl groups is 1. The van der Waals surface area contributed by atoms with Crippen molar-refractivity contribution in [2.24, 2.45) is 0 Å². The minimum Gasteiger partial charge on any atom is -0.392 e. The van der Waals surface area contributed by atoms with Crippen LogP contribution in [0.1, 0.15) is 68.7 Å². The molecule has 2 nitrogen and oxygen atoms in total. The van der Waals surface area contributed by atoms with Gasteiger partial charge in [0.25, 0.3) is 0 Å². The molecule has 0 bridgehead atoms. The van der Waals surface area contributed by atoms with Gasteiger partial charge in [0, 0.05) is 11.6 Å². The molecule has 0 aliphatic heterocycles. The van der Waals surface area contributed by atoms with Gasteiger partial charge >= 0.3 is 10.2 Å². The van der Waals surface area contributed by atoms with Gasteiger partial charge < -0.3 is 10.5 Å². The molecular formula is C24H34F5NOS. The molecule has 2 N–H and O–H groups in total. The summed E-state index contributed by atoms with van der Waals surface area (Å²) >= 11 is 0. The molecule has 2 unspecified atom stereocenters. The van der Waals surface area contributed by atoms with Crippen molar-refractivity contribution in [3.8, 4) is 0 Å². The Hall–Kier alpha value is -1.93. The minimum atomic E-state index is -9.65. The molecule has 0 amide bonds. The zero-order valence-electron chi connectivity index (χ0n) is 19.3. The summed E-state index contributed by atoms with van der Waals surface area (Å²) < 4.78 is 63.9. The molecule has 0 saturated carbocycles. The average Bonchev–Trinajstić information content (AvgIpc) is 2.70. The molecule has 2 rings (SSSR count). The molecule has 32 heavy (non-hydrogen) atoms. The molecule has 2 atom stereocenters. The smallest absolute Gasteiger partial charge is 0.310 e. The van der Waals surface area contributed by atoms with E-state index in [-0.39, 0.29) is 0 Å². The van der Waals surface area contributed by atoms with E-state index in [4.69, 9.17) is 5.41 Å². The fourth-order valence-corrected chi connectivity index (χ4v) is 4.71. The van der Waals surface area contributed by atoms with Gasteiger partial charge in [0.1, 0.15) is 4.90 Å². The predicted octanol–water partition coefficient (Wildman–Crippen LogP) is 8.86. The fourth-order valence-electron chi connectivity index (χ4n) is 4.06. The van der Waals surface area contributed by atoms with Crippen molar-refractivity contribution in [3.63, 3.8) is 0 Å². The van der Waals surface area contributed by atoms with E-state index < -0.39 is 26.6 Å². The molecule has 182 valence electrons. The zero-order chi connectivity index (χ0) is 24.9. The second-order valence-corrected chi connectivity index (χ2v) is 10.5. The van der Waals surface area contributed by atoms with Crippen molar-refractivity contribution in [1.29, 1.82) is 5.41 Å². The highest BCUT2D eigenvalue weighted by molar-refractivity contribution is 8.45. The predicted molar refractivity (Wildman–Crippen MR) is 125 cm³/mol. The Morgan fingerprint density at radius 3 is 1.75 bits per heavy atom. The number of aliphatic hydroxyl groups excluding tert-OH is 1. The quantitative estimate of drug-likeness (QED) is 0.288. The SMILES string of the molecule is CCCC(CC)(c1ccc(S(F)(F)(F)(F)F)cc1)C(O)CC.Cc1cccc(C)c1C=N. The number of hydrogen-bond acceptors (Lipinski definition) is 2. The Balaban J connectivity index is 0.000000425. The van der Waals surface area contributed by atoms with E-state index in [0.717, 1.165) is 24.1 Å². The first-order valence-corrected chi connectivity index (χ1v) is 12.6. The highest BCUT2D eigenvalue weighted by atomic mass is 32.5.